The molecule has 0 saturated heterocycles. The second kappa shape index (κ2) is 13.0. The SMILES string of the molecule is CCNC(=NCCCNS(C)(=O)=O)N(C)Cc1ccc(OC)cc1OC.I. The topological polar surface area (TPSA) is 92.3 Å². The fourth-order valence-corrected chi connectivity index (χ4v) is 2.82. The number of guanidine groups is 1. The number of nitrogens with one attached hydrogen (secondary N) is 2. The van der Waals surface area contributed by atoms with Crippen molar-refractivity contribution in [2.75, 3.05) is 47.2 Å². The van der Waals surface area contributed by atoms with Gasteiger partial charge in [0.1, 0.15) is 11.5 Å². The van der Waals surface area contributed by atoms with Gasteiger partial charge in [-0.2, -0.15) is 0 Å². The van der Waals surface area contributed by atoms with Gasteiger partial charge in [-0.25, -0.2) is 13.1 Å². The largest absolute Gasteiger partial charge is 0.497 e. The molecule has 0 aliphatic rings. The van der Waals surface area contributed by atoms with E-state index in [9.17, 15) is 8.42 Å². The van der Waals surface area contributed by atoms with E-state index in [-0.39, 0.29) is 24.0 Å². The number of rotatable bonds is 10. The third-order valence-electron chi connectivity index (χ3n) is 3.56. The van der Waals surface area contributed by atoms with E-state index in [2.05, 4.69) is 15.0 Å². The number of benzene rings is 1. The van der Waals surface area contributed by atoms with Crippen LogP contribution in [0.2, 0.25) is 0 Å². The molecule has 0 unspecified atom stereocenters. The molecule has 2 N–H and O–H groups in total. The van der Waals surface area contributed by atoms with Crippen molar-refractivity contribution in [2.45, 2.75) is 19.9 Å². The van der Waals surface area contributed by atoms with Crippen LogP contribution in [0.3, 0.4) is 0 Å². The Morgan fingerprint density at radius 3 is 2.52 bits per heavy atom. The fraction of sp³-hybridized carbons (Fsp3) is 0.588. The van der Waals surface area contributed by atoms with Gasteiger partial charge in [-0.15, -0.1) is 24.0 Å². The molecule has 0 aliphatic heterocycles. The lowest BCUT2D eigenvalue weighted by atomic mass is 10.2. The normalized spacial score (nSPS) is 11.5. The quantitative estimate of drug-likeness (QED) is 0.214. The van der Waals surface area contributed by atoms with Gasteiger partial charge >= 0.3 is 0 Å². The van der Waals surface area contributed by atoms with Crippen molar-refractivity contribution in [1.29, 1.82) is 0 Å². The van der Waals surface area contributed by atoms with E-state index in [0.717, 1.165) is 35.8 Å². The Bertz CT molecular complexity index is 698. The summed E-state index contributed by atoms with van der Waals surface area (Å²) in [6.45, 7) is 4.25. The van der Waals surface area contributed by atoms with E-state index in [0.29, 0.717) is 26.1 Å². The molecule has 0 bridgehead atoms. The molecule has 156 valence electrons. The highest BCUT2D eigenvalue weighted by molar-refractivity contribution is 14.0. The minimum absolute atomic E-state index is 0. The number of sulfonamides is 1. The van der Waals surface area contributed by atoms with Gasteiger partial charge in [-0.1, -0.05) is 0 Å². The summed E-state index contributed by atoms with van der Waals surface area (Å²) in [4.78, 5) is 6.55. The van der Waals surface area contributed by atoms with E-state index < -0.39 is 10.0 Å². The second-order valence-corrected chi connectivity index (χ2v) is 7.62. The summed E-state index contributed by atoms with van der Waals surface area (Å²) in [5.74, 6) is 2.25. The minimum Gasteiger partial charge on any atom is -0.497 e. The van der Waals surface area contributed by atoms with Crippen molar-refractivity contribution in [3.63, 3.8) is 0 Å². The third kappa shape index (κ3) is 10.0. The Hall–Kier alpha value is -1.27. The molecule has 0 saturated carbocycles. The van der Waals surface area contributed by atoms with E-state index in [1.165, 1.54) is 0 Å². The molecule has 0 spiro atoms. The third-order valence-corrected chi connectivity index (χ3v) is 4.29. The van der Waals surface area contributed by atoms with Crippen LogP contribution in [0.15, 0.2) is 23.2 Å². The summed E-state index contributed by atoms with van der Waals surface area (Å²) >= 11 is 0. The van der Waals surface area contributed by atoms with E-state index in [1.807, 2.05) is 37.1 Å². The maximum atomic E-state index is 11.1. The van der Waals surface area contributed by atoms with E-state index in [1.54, 1.807) is 14.2 Å². The van der Waals surface area contributed by atoms with Gasteiger partial charge in [0.2, 0.25) is 10.0 Å². The molecular formula is C17H31IN4O4S. The first-order valence-corrected chi connectivity index (χ1v) is 10.3. The lowest BCUT2D eigenvalue weighted by Crippen LogP contribution is -2.38. The van der Waals surface area contributed by atoms with Crippen LogP contribution in [-0.2, 0) is 16.6 Å². The number of halogens is 1. The molecule has 0 aromatic heterocycles. The van der Waals surface area contributed by atoms with E-state index >= 15 is 0 Å². The van der Waals surface area contributed by atoms with Gasteiger partial charge in [0.25, 0.3) is 0 Å². The summed E-state index contributed by atoms with van der Waals surface area (Å²) in [5.41, 5.74) is 1.01. The van der Waals surface area contributed by atoms with Crippen molar-refractivity contribution in [3.8, 4) is 11.5 Å². The number of nitrogens with zero attached hydrogens (tertiary/aromatic N) is 2. The van der Waals surface area contributed by atoms with Crippen LogP contribution >= 0.6 is 24.0 Å². The van der Waals surface area contributed by atoms with Crippen molar-refractivity contribution >= 4 is 40.0 Å². The molecule has 27 heavy (non-hydrogen) atoms. The highest BCUT2D eigenvalue weighted by atomic mass is 127. The minimum atomic E-state index is -3.15. The molecule has 0 atom stereocenters. The van der Waals surface area contributed by atoms with Crippen LogP contribution in [0, 0.1) is 0 Å². The van der Waals surface area contributed by atoms with Gasteiger partial charge in [0.05, 0.1) is 20.5 Å². The Kier molecular flexibility index (Phi) is 12.4. The zero-order valence-electron chi connectivity index (χ0n) is 16.6. The Balaban J connectivity index is 0.00000676. The highest BCUT2D eigenvalue weighted by Crippen LogP contribution is 2.25. The summed E-state index contributed by atoms with van der Waals surface area (Å²) in [7, 11) is 2.04. The van der Waals surface area contributed by atoms with Gasteiger partial charge < -0.3 is 19.7 Å². The second-order valence-electron chi connectivity index (χ2n) is 5.79. The van der Waals surface area contributed by atoms with Crippen LogP contribution in [0.5, 0.6) is 11.5 Å². The molecule has 0 aliphatic carbocycles. The predicted molar refractivity (Wildman–Crippen MR) is 120 cm³/mol. The predicted octanol–water partition coefficient (Wildman–Crippen LogP) is 1.66. The molecule has 10 heteroatoms. The average Bonchev–Trinajstić information content (AvgIpc) is 2.59. The standard InChI is InChI=1S/C17H30N4O4S.HI/c1-6-18-17(19-10-7-11-20-26(5,22)23)21(2)13-14-8-9-15(24-3)12-16(14)25-4;/h8-9,12,20H,6-7,10-11,13H2,1-5H3,(H,18,19);1H. The van der Waals surface area contributed by atoms with Crippen molar-refractivity contribution < 1.29 is 17.9 Å². The van der Waals surface area contributed by atoms with Gasteiger partial charge in [0.15, 0.2) is 5.96 Å². The molecule has 1 aromatic rings. The smallest absolute Gasteiger partial charge is 0.208 e. The molecular weight excluding hydrogens is 483 g/mol. The van der Waals surface area contributed by atoms with Crippen molar-refractivity contribution in [2.24, 2.45) is 4.99 Å². The Morgan fingerprint density at radius 1 is 1.26 bits per heavy atom. The van der Waals surface area contributed by atoms with Crippen LogP contribution in [0.4, 0.5) is 0 Å². The maximum absolute atomic E-state index is 11.1. The van der Waals surface area contributed by atoms with E-state index in [4.69, 9.17) is 9.47 Å². The van der Waals surface area contributed by atoms with Crippen LogP contribution in [0.25, 0.3) is 0 Å². The monoisotopic (exact) mass is 514 g/mol. The van der Waals surface area contributed by atoms with Gasteiger partial charge in [-0.05, 0) is 25.5 Å². The summed E-state index contributed by atoms with van der Waals surface area (Å²) in [6, 6.07) is 5.71. The summed E-state index contributed by atoms with van der Waals surface area (Å²) in [5, 5.41) is 3.24. The highest BCUT2D eigenvalue weighted by Gasteiger charge is 2.11. The van der Waals surface area contributed by atoms with Crippen molar-refractivity contribution in [1.82, 2.24) is 14.9 Å². The van der Waals surface area contributed by atoms with Gasteiger partial charge in [0, 0.05) is 44.9 Å². The molecule has 1 rings (SSSR count). The first kappa shape index (κ1) is 25.7. The summed E-state index contributed by atoms with van der Waals surface area (Å²) < 4.78 is 35.2. The average molecular weight is 514 g/mol. The molecule has 0 fully saturated rings. The maximum Gasteiger partial charge on any atom is 0.208 e. The van der Waals surface area contributed by atoms with Crippen LogP contribution < -0.4 is 19.5 Å². The number of hydrogen-bond donors (Lipinski definition) is 2. The number of aliphatic imine (C=N–C) groups is 1. The van der Waals surface area contributed by atoms with Crippen molar-refractivity contribution in [3.05, 3.63) is 23.8 Å². The number of hydrogen-bond acceptors (Lipinski definition) is 5. The van der Waals surface area contributed by atoms with Gasteiger partial charge in [-0.3, -0.25) is 4.99 Å². The first-order valence-electron chi connectivity index (χ1n) is 8.45. The fourth-order valence-electron chi connectivity index (χ4n) is 2.30. The Morgan fingerprint density at radius 2 is 1.96 bits per heavy atom. The molecule has 0 amide bonds. The number of ether oxygens (including phenoxy) is 2. The zero-order chi connectivity index (χ0) is 19.6. The first-order chi connectivity index (χ1) is 12.3. The summed E-state index contributed by atoms with van der Waals surface area (Å²) in [6.07, 6.45) is 1.78. The number of methoxy groups -OCH3 is 2. The van der Waals surface area contributed by atoms with Crippen LogP contribution in [-0.4, -0.2) is 66.4 Å². The Labute approximate surface area is 179 Å². The lowest BCUT2D eigenvalue weighted by Gasteiger charge is -2.23. The molecule has 0 heterocycles. The van der Waals surface area contributed by atoms with Crippen LogP contribution in [0.1, 0.15) is 18.9 Å². The molecule has 0 radical (unpaired) electrons. The lowest BCUT2D eigenvalue weighted by molar-refractivity contribution is 0.382. The molecule has 1 aromatic carbocycles. The molecule has 8 nitrogen and oxygen atoms in total. The zero-order valence-corrected chi connectivity index (χ0v) is 19.8.